The molecule has 1 atom stereocenters. The van der Waals surface area contributed by atoms with Gasteiger partial charge in [-0.1, -0.05) is 0 Å². The van der Waals surface area contributed by atoms with Crippen LogP contribution in [0.25, 0.3) is 10.9 Å². The fourth-order valence-electron chi connectivity index (χ4n) is 5.44. The number of pyridine rings is 1. The maximum atomic E-state index is 13.5. The zero-order valence-corrected chi connectivity index (χ0v) is 22.9. The van der Waals surface area contributed by atoms with Gasteiger partial charge < -0.3 is 19.8 Å². The van der Waals surface area contributed by atoms with Crippen molar-refractivity contribution >= 4 is 28.6 Å². The minimum absolute atomic E-state index is 0.0281. The van der Waals surface area contributed by atoms with Crippen molar-refractivity contribution in [3.05, 3.63) is 65.1 Å². The zero-order chi connectivity index (χ0) is 28.2. The number of thioether (sulfide) groups is 1. The molecule has 1 aromatic heterocycles. The van der Waals surface area contributed by atoms with Gasteiger partial charge in [-0.3, -0.25) is 9.78 Å². The van der Waals surface area contributed by atoms with Crippen LogP contribution in [0.5, 0.6) is 5.75 Å². The fourth-order valence-corrected chi connectivity index (χ4v) is 6.40. The summed E-state index contributed by atoms with van der Waals surface area (Å²) in [5.41, 5.74) is 1.97. The number of methoxy groups -OCH3 is 1. The number of carbonyl (C=O) groups is 1. The number of ether oxygens (including phenoxy) is 1. The first-order chi connectivity index (χ1) is 18.6. The van der Waals surface area contributed by atoms with Crippen LogP contribution in [0, 0.1) is 29.8 Å². The molecule has 1 unspecified atom stereocenters. The molecule has 2 heterocycles. The van der Waals surface area contributed by atoms with Crippen LogP contribution in [-0.4, -0.2) is 58.6 Å². The molecule has 0 spiro atoms. The van der Waals surface area contributed by atoms with Crippen LogP contribution >= 0.6 is 11.8 Å². The number of aliphatic carboxylic acids is 1. The minimum Gasteiger partial charge on any atom is -0.497 e. The lowest BCUT2D eigenvalue weighted by Crippen LogP contribution is -2.42. The summed E-state index contributed by atoms with van der Waals surface area (Å²) in [6, 6.07) is 7.53. The summed E-state index contributed by atoms with van der Waals surface area (Å²) in [4.78, 5) is 18.8. The molecule has 39 heavy (non-hydrogen) atoms. The van der Waals surface area contributed by atoms with Crippen molar-refractivity contribution in [3.8, 4) is 5.75 Å². The Labute approximate surface area is 230 Å². The van der Waals surface area contributed by atoms with Crippen LogP contribution in [-0.2, 0) is 4.79 Å². The van der Waals surface area contributed by atoms with Gasteiger partial charge in [0.25, 0.3) is 0 Å². The van der Waals surface area contributed by atoms with Crippen molar-refractivity contribution in [1.29, 1.82) is 0 Å². The van der Waals surface area contributed by atoms with Crippen LogP contribution in [0.1, 0.15) is 49.3 Å². The second-order valence-corrected chi connectivity index (χ2v) is 11.4. The number of benzene rings is 2. The molecule has 0 aliphatic carbocycles. The number of hydrogen-bond acceptors (Lipinski definition) is 6. The number of aryl methyl sites for hydroxylation is 1. The molecule has 0 saturated carbocycles. The molecule has 0 radical (unpaired) electrons. The van der Waals surface area contributed by atoms with Gasteiger partial charge in [0.15, 0.2) is 17.5 Å². The Bertz CT molecular complexity index is 1310. The topological polar surface area (TPSA) is 82.9 Å². The largest absolute Gasteiger partial charge is 0.497 e. The predicted octanol–water partition coefficient (Wildman–Crippen LogP) is 6.13. The van der Waals surface area contributed by atoms with Gasteiger partial charge in [-0.2, -0.15) is 0 Å². The lowest BCUT2D eigenvalue weighted by molar-refractivity contribution is -0.141. The molecule has 3 aromatic rings. The van der Waals surface area contributed by atoms with Crippen LogP contribution < -0.4 is 4.74 Å². The normalized spacial score (nSPS) is 16.4. The van der Waals surface area contributed by atoms with Gasteiger partial charge in [0, 0.05) is 28.8 Å². The average molecular weight is 563 g/mol. The maximum absolute atomic E-state index is 13.5. The molecule has 10 heteroatoms. The Hall–Kier alpha value is -2.82. The molecule has 1 fully saturated rings. The molecule has 4 rings (SSSR count). The Balaban J connectivity index is 1.38. The van der Waals surface area contributed by atoms with E-state index in [-0.39, 0.29) is 6.42 Å². The van der Waals surface area contributed by atoms with Crippen LogP contribution in [0.3, 0.4) is 0 Å². The predicted molar refractivity (Wildman–Crippen MR) is 145 cm³/mol. The number of fused-ring (bicyclic) bond motifs is 1. The van der Waals surface area contributed by atoms with E-state index >= 15 is 0 Å². The molecule has 0 amide bonds. The van der Waals surface area contributed by atoms with E-state index in [1.165, 1.54) is 11.8 Å². The van der Waals surface area contributed by atoms with Crippen molar-refractivity contribution in [2.24, 2.45) is 5.41 Å². The molecule has 2 N–H and O–H groups in total. The number of carboxylic acid groups (broad SMARTS) is 1. The van der Waals surface area contributed by atoms with Crippen molar-refractivity contribution in [3.63, 3.8) is 0 Å². The van der Waals surface area contributed by atoms with Gasteiger partial charge in [0.2, 0.25) is 0 Å². The Morgan fingerprint density at radius 1 is 1.18 bits per heavy atom. The lowest BCUT2D eigenvalue weighted by Gasteiger charge is -2.41. The number of likely N-dealkylation sites (tertiary alicyclic amines) is 1. The number of halogens is 3. The Kier molecular flexibility index (Phi) is 9.40. The molecular weight excluding hydrogens is 529 g/mol. The first kappa shape index (κ1) is 29.2. The SMILES string of the molecule is COc1ccc2ncc(C)c(C(O)CCC3(CC(=O)O)CCN(CCSc4cc(F)c(F)c(F)c4)CC3)c2c1. The van der Waals surface area contributed by atoms with E-state index in [1.807, 2.05) is 25.1 Å². The number of aliphatic hydroxyl groups is 1. The van der Waals surface area contributed by atoms with Crippen molar-refractivity contribution in [1.82, 2.24) is 9.88 Å². The van der Waals surface area contributed by atoms with E-state index in [0.717, 1.165) is 34.2 Å². The highest BCUT2D eigenvalue weighted by atomic mass is 32.2. The van der Waals surface area contributed by atoms with E-state index in [0.29, 0.717) is 61.7 Å². The van der Waals surface area contributed by atoms with E-state index < -0.39 is 34.9 Å². The summed E-state index contributed by atoms with van der Waals surface area (Å²) >= 11 is 1.25. The molecule has 0 bridgehead atoms. The van der Waals surface area contributed by atoms with E-state index in [4.69, 9.17) is 4.74 Å². The molecule has 2 aromatic carbocycles. The van der Waals surface area contributed by atoms with E-state index in [9.17, 15) is 28.2 Å². The second-order valence-electron chi connectivity index (χ2n) is 10.3. The van der Waals surface area contributed by atoms with Gasteiger partial charge in [-0.25, -0.2) is 13.2 Å². The number of nitrogens with zero attached hydrogens (tertiary/aromatic N) is 2. The minimum atomic E-state index is -1.47. The Morgan fingerprint density at radius 2 is 1.87 bits per heavy atom. The summed E-state index contributed by atoms with van der Waals surface area (Å²) in [6.45, 7) is 3.93. The average Bonchev–Trinajstić information content (AvgIpc) is 2.90. The molecule has 1 aliphatic rings. The quantitative estimate of drug-likeness (QED) is 0.215. The lowest BCUT2D eigenvalue weighted by atomic mass is 9.71. The number of carboxylic acids is 1. The van der Waals surface area contributed by atoms with Gasteiger partial charge in [0.05, 0.1) is 25.2 Å². The third-order valence-electron chi connectivity index (χ3n) is 7.67. The van der Waals surface area contributed by atoms with Crippen LogP contribution in [0.4, 0.5) is 13.2 Å². The maximum Gasteiger partial charge on any atom is 0.303 e. The van der Waals surface area contributed by atoms with Crippen LogP contribution in [0.2, 0.25) is 0 Å². The summed E-state index contributed by atoms with van der Waals surface area (Å²) in [6.07, 6.45) is 3.30. The smallest absolute Gasteiger partial charge is 0.303 e. The number of aromatic nitrogens is 1. The van der Waals surface area contributed by atoms with E-state index in [2.05, 4.69) is 9.88 Å². The van der Waals surface area contributed by atoms with Gasteiger partial charge in [0.1, 0.15) is 5.75 Å². The van der Waals surface area contributed by atoms with Gasteiger partial charge in [-0.05, 0) is 92.6 Å². The number of hydrogen-bond donors (Lipinski definition) is 2. The third-order valence-corrected chi connectivity index (χ3v) is 8.63. The van der Waals surface area contributed by atoms with Crippen molar-refractivity contribution < 1.29 is 32.9 Å². The number of piperidine rings is 1. The van der Waals surface area contributed by atoms with Crippen molar-refractivity contribution in [2.75, 3.05) is 32.5 Å². The highest BCUT2D eigenvalue weighted by Crippen LogP contribution is 2.42. The fraction of sp³-hybridized carbons (Fsp3) is 0.448. The highest BCUT2D eigenvalue weighted by Gasteiger charge is 2.37. The molecule has 6 nitrogen and oxygen atoms in total. The van der Waals surface area contributed by atoms with Gasteiger partial charge >= 0.3 is 5.97 Å². The molecular formula is C29H33F3N2O4S. The molecule has 210 valence electrons. The monoisotopic (exact) mass is 562 g/mol. The summed E-state index contributed by atoms with van der Waals surface area (Å²) in [7, 11) is 1.59. The summed E-state index contributed by atoms with van der Waals surface area (Å²) in [5, 5.41) is 21.8. The zero-order valence-electron chi connectivity index (χ0n) is 22.1. The van der Waals surface area contributed by atoms with Crippen molar-refractivity contribution in [2.45, 2.75) is 50.0 Å². The number of rotatable bonds is 11. The van der Waals surface area contributed by atoms with Gasteiger partial charge in [-0.15, -0.1) is 11.8 Å². The first-order valence-electron chi connectivity index (χ1n) is 12.9. The first-order valence-corrected chi connectivity index (χ1v) is 13.9. The van der Waals surface area contributed by atoms with E-state index in [1.54, 1.807) is 13.3 Å². The molecule has 1 saturated heterocycles. The van der Waals surface area contributed by atoms with Crippen LogP contribution in [0.15, 0.2) is 41.4 Å². The Morgan fingerprint density at radius 3 is 2.51 bits per heavy atom. The summed E-state index contributed by atoms with van der Waals surface area (Å²) in [5.74, 6) is -3.50. The highest BCUT2D eigenvalue weighted by molar-refractivity contribution is 7.99. The number of aliphatic hydroxyl groups excluding tert-OH is 1. The second kappa shape index (κ2) is 12.6. The molecule has 1 aliphatic heterocycles. The summed E-state index contributed by atoms with van der Waals surface area (Å²) < 4.78 is 45.5. The third kappa shape index (κ3) is 7.04. The standard InChI is InChI=1S/C29H33F3N2O4S/c1-18-17-33-24-4-3-19(38-2)13-21(24)27(18)25(35)5-6-29(16-26(36)37)7-9-34(10-8-29)11-12-39-20-14-22(30)28(32)23(31)15-20/h3-4,13-15,17,25,35H,5-12,16H2,1-2H3,(H,36,37).